The van der Waals surface area contributed by atoms with Gasteiger partial charge in [0.1, 0.15) is 0 Å². The summed E-state index contributed by atoms with van der Waals surface area (Å²) >= 11 is 0. The lowest BCUT2D eigenvalue weighted by molar-refractivity contribution is -0.120. The molecule has 0 saturated carbocycles. The predicted molar refractivity (Wildman–Crippen MR) is 57.3 cm³/mol. The Balaban J connectivity index is 2.74. The fourth-order valence-electron chi connectivity index (χ4n) is 1.24. The second kappa shape index (κ2) is 3.86. The Labute approximate surface area is 84.9 Å². The molecule has 0 saturated heterocycles. The molecule has 0 atom stereocenters. The van der Waals surface area contributed by atoms with Gasteiger partial charge in [0, 0.05) is 23.9 Å². The van der Waals surface area contributed by atoms with Crippen LogP contribution in [0, 0.1) is 0 Å². The summed E-state index contributed by atoms with van der Waals surface area (Å²) in [6.45, 7) is 6.42. The number of H-pyrrole nitrogens is 1. The molecular formula is C11H18N2O. The van der Waals surface area contributed by atoms with Gasteiger partial charge in [0.25, 0.3) is 0 Å². The minimum absolute atomic E-state index is 0.0345. The van der Waals surface area contributed by atoms with Gasteiger partial charge in [0.05, 0.1) is 6.42 Å². The van der Waals surface area contributed by atoms with Crippen molar-refractivity contribution in [2.24, 2.45) is 0 Å². The Hall–Kier alpha value is -1.25. The number of aromatic nitrogens is 1. The summed E-state index contributed by atoms with van der Waals surface area (Å²) in [6, 6.07) is 4.01. The summed E-state index contributed by atoms with van der Waals surface area (Å²) < 4.78 is 0. The molecule has 3 heteroatoms. The van der Waals surface area contributed by atoms with E-state index in [2.05, 4.69) is 31.1 Å². The Morgan fingerprint density at radius 3 is 2.50 bits per heavy atom. The third-order valence-corrected chi connectivity index (χ3v) is 2.18. The molecule has 3 nitrogen and oxygen atoms in total. The Kier molecular flexibility index (Phi) is 2.99. The number of carbonyl (C=O) groups is 1. The molecule has 78 valence electrons. The van der Waals surface area contributed by atoms with Crippen molar-refractivity contribution in [1.82, 2.24) is 10.3 Å². The lowest BCUT2D eigenvalue weighted by atomic mass is 9.93. The van der Waals surface area contributed by atoms with Crippen LogP contribution in [-0.2, 0) is 16.6 Å². The smallest absolute Gasteiger partial charge is 0.225 e. The first-order chi connectivity index (χ1) is 6.43. The van der Waals surface area contributed by atoms with E-state index < -0.39 is 0 Å². The standard InChI is InChI=1S/C11H18N2O/c1-11(2,3)9-6-5-8(13-9)7-10(14)12-4/h5-6,13H,7H2,1-4H3,(H,12,14). The third-order valence-electron chi connectivity index (χ3n) is 2.18. The van der Waals surface area contributed by atoms with Crippen LogP contribution >= 0.6 is 0 Å². The highest BCUT2D eigenvalue weighted by Gasteiger charge is 2.15. The number of nitrogens with one attached hydrogen (secondary N) is 2. The Bertz CT molecular complexity index is 320. The first kappa shape index (κ1) is 10.8. The Morgan fingerprint density at radius 2 is 2.07 bits per heavy atom. The monoisotopic (exact) mass is 194 g/mol. The van der Waals surface area contributed by atoms with Gasteiger partial charge in [-0.25, -0.2) is 0 Å². The molecule has 0 spiro atoms. The van der Waals surface area contributed by atoms with Crippen LogP contribution in [0.15, 0.2) is 12.1 Å². The molecule has 0 aliphatic carbocycles. The first-order valence-electron chi connectivity index (χ1n) is 4.82. The number of carbonyl (C=O) groups excluding carboxylic acids is 1. The summed E-state index contributed by atoms with van der Waals surface area (Å²) in [5.74, 6) is 0.0345. The number of hydrogen-bond acceptors (Lipinski definition) is 1. The molecule has 1 aromatic heterocycles. The molecule has 2 N–H and O–H groups in total. The zero-order valence-corrected chi connectivity index (χ0v) is 9.27. The van der Waals surface area contributed by atoms with Gasteiger partial charge in [-0.15, -0.1) is 0 Å². The second-order valence-corrected chi connectivity index (χ2v) is 4.50. The van der Waals surface area contributed by atoms with Crippen LogP contribution in [0.5, 0.6) is 0 Å². The van der Waals surface area contributed by atoms with Crippen molar-refractivity contribution in [3.8, 4) is 0 Å². The number of rotatable bonds is 2. The van der Waals surface area contributed by atoms with Gasteiger partial charge in [-0.1, -0.05) is 20.8 Å². The molecule has 0 aliphatic rings. The van der Waals surface area contributed by atoms with Crippen molar-refractivity contribution >= 4 is 5.91 Å². The maximum absolute atomic E-state index is 11.1. The van der Waals surface area contributed by atoms with Crippen LogP contribution in [0.4, 0.5) is 0 Å². The van der Waals surface area contributed by atoms with Crippen LogP contribution in [0.3, 0.4) is 0 Å². The molecule has 1 aromatic rings. The fourth-order valence-corrected chi connectivity index (χ4v) is 1.24. The minimum atomic E-state index is 0.0345. The summed E-state index contributed by atoms with van der Waals surface area (Å²) in [5.41, 5.74) is 2.24. The molecule has 0 aliphatic heterocycles. The number of hydrogen-bond donors (Lipinski definition) is 2. The van der Waals surface area contributed by atoms with Gasteiger partial charge in [0.2, 0.25) is 5.91 Å². The predicted octanol–water partition coefficient (Wildman–Crippen LogP) is 1.60. The topological polar surface area (TPSA) is 44.9 Å². The van der Waals surface area contributed by atoms with Crippen LogP contribution in [-0.4, -0.2) is 17.9 Å². The van der Waals surface area contributed by atoms with Crippen molar-refractivity contribution in [2.45, 2.75) is 32.6 Å². The average molecular weight is 194 g/mol. The highest BCUT2D eigenvalue weighted by molar-refractivity contribution is 5.77. The lowest BCUT2D eigenvalue weighted by Crippen LogP contribution is -2.20. The normalized spacial score (nSPS) is 11.4. The quantitative estimate of drug-likeness (QED) is 0.738. The summed E-state index contributed by atoms with van der Waals surface area (Å²) in [6.07, 6.45) is 0.423. The van der Waals surface area contributed by atoms with Crippen molar-refractivity contribution < 1.29 is 4.79 Å². The van der Waals surface area contributed by atoms with E-state index in [0.717, 1.165) is 11.4 Å². The largest absolute Gasteiger partial charge is 0.361 e. The highest BCUT2D eigenvalue weighted by atomic mass is 16.1. The van der Waals surface area contributed by atoms with Gasteiger partial charge in [-0.2, -0.15) is 0 Å². The van der Waals surface area contributed by atoms with Crippen molar-refractivity contribution in [2.75, 3.05) is 7.05 Å². The van der Waals surface area contributed by atoms with Crippen molar-refractivity contribution in [3.05, 3.63) is 23.5 Å². The van der Waals surface area contributed by atoms with E-state index in [0.29, 0.717) is 6.42 Å². The molecule has 0 unspecified atom stereocenters. The van der Waals surface area contributed by atoms with E-state index >= 15 is 0 Å². The SMILES string of the molecule is CNC(=O)Cc1ccc(C(C)(C)C)[nH]1. The maximum Gasteiger partial charge on any atom is 0.225 e. The number of aromatic amines is 1. The third kappa shape index (κ3) is 2.62. The molecule has 14 heavy (non-hydrogen) atoms. The molecule has 1 heterocycles. The van der Waals surface area contributed by atoms with Crippen LogP contribution in [0.25, 0.3) is 0 Å². The molecular weight excluding hydrogens is 176 g/mol. The van der Waals surface area contributed by atoms with Crippen molar-refractivity contribution in [3.63, 3.8) is 0 Å². The second-order valence-electron chi connectivity index (χ2n) is 4.50. The molecule has 0 bridgehead atoms. The van der Waals surface area contributed by atoms with Gasteiger partial charge in [-0.3, -0.25) is 4.79 Å². The molecule has 0 radical (unpaired) electrons. The maximum atomic E-state index is 11.1. The summed E-state index contributed by atoms with van der Waals surface area (Å²) in [7, 11) is 1.65. The molecule has 0 aromatic carbocycles. The minimum Gasteiger partial charge on any atom is -0.361 e. The van der Waals surface area contributed by atoms with E-state index in [-0.39, 0.29) is 11.3 Å². The van der Waals surface area contributed by atoms with Crippen LogP contribution < -0.4 is 5.32 Å². The van der Waals surface area contributed by atoms with E-state index in [1.165, 1.54) is 0 Å². The van der Waals surface area contributed by atoms with E-state index in [4.69, 9.17) is 0 Å². The van der Waals surface area contributed by atoms with Gasteiger partial charge >= 0.3 is 0 Å². The van der Waals surface area contributed by atoms with Crippen LogP contribution in [0.1, 0.15) is 32.2 Å². The zero-order chi connectivity index (χ0) is 10.8. The highest BCUT2D eigenvalue weighted by Crippen LogP contribution is 2.21. The number of likely N-dealkylation sites (N-methyl/N-ethyl adjacent to an activating group) is 1. The average Bonchev–Trinajstić information content (AvgIpc) is 2.51. The molecule has 1 amide bonds. The summed E-state index contributed by atoms with van der Waals surface area (Å²) in [5, 5.41) is 2.60. The van der Waals surface area contributed by atoms with Crippen LogP contribution in [0.2, 0.25) is 0 Å². The van der Waals surface area contributed by atoms with E-state index in [9.17, 15) is 4.79 Å². The number of amides is 1. The molecule has 0 fully saturated rings. The van der Waals surface area contributed by atoms with E-state index in [1.54, 1.807) is 7.05 Å². The first-order valence-corrected chi connectivity index (χ1v) is 4.82. The zero-order valence-electron chi connectivity index (χ0n) is 9.27. The lowest BCUT2D eigenvalue weighted by Gasteiger charge is -2.16. The fraction of sp³-hybridized carbons (Fsp3) is 0.545. The Morgan fingerprint density at radius 1 is 1.43 bits per heavy atom. The van der Waals surface area contributed by atoms with Gasteiger partial charge in [-0.05, 0) is 12.1 Å². The van der Waals surface area contributed by atoms with E-state index in [1.807, 2.05) is 12.1 Å². The van der Waals surface area contributed by atoms with Gasteiger partial charge < -0.3 is 10.3 Å². The van der Waals surface area contributed by atoms with Crippen molar-refractivity contribution in [1.29, 1.82) is 0 Å². The summed E-state index contributed by atoms with van der Waals surface area (Å²) in [4.78, 5) is 14.4. The van der Waals surface area contributed by atoms with Gasteiger partial charge in [0.15, 0.2) is 0 Å². The molecule has 1 rings (SSSR count).